The summed E-state index contributed by atoms with van der Waals surface area (Å²) in [4.78, 5) is 4.00. The van der Waals surface area contributed by atoms with Crippen LogP contribution in [0.5, 0.6) is 0 Å². The van der Waals surface area contributed by atoms with Gasteiger partial charge in [0.25, 0.3) is 0 Å². The van der Waals surface area contributed by atoms with E-state index in [4.69, 9.17) is 11.6 Å². The molecule has 3 nitrogen and oxygen atoms in total. The molecule has 0 atom stereocenters. The molecule has 1 aromatic carbocycles. The lowest BCUT2D eigenvalue weighted by Crippen LogP contribution is -2.01. The molecule has 3 rings (SSSR count). The van der Waals surface area contributed by atoms with Crippen molar-refractivity contribution in [1.29, 1.82) is 0 Å². The van der Waals surface area contributed by atoms with Gasteiger partial charge in [-0.25, -0.2) is 9.37 Å². The van der Waals surface area contributed by atoms with Gasteiger partial charge < -0.3 is 0 Å². The summed E-state index contributed by atoms with van der Waals surface area (Å²) in [5.41, 5.74) is 1.90. The van der Waals surface area contributed by atoms with Gasteiger partial charge in [0.05, 0.1) is 23.6 Å². The summed E-state index contributed by atoms with van der Waals surface area (Å²) in [6, 6.07) is 8.22. The largest absolute Gasteiger partial charge is 0.260 e. The van der Waals surface area contributed by atoms with Crippen LogP contribution in [-0.2, 0) is 6.54 Å². The molecule has 0 spiro atoms. The number of benzene rings is 1. The summed E-state index contributed by atoms with van der Waals surface area (Å²) < 4.78 is 14.6. The fourth-order valence-corrected chi connectivity index (χ4v) is 2.06. The molecule has 0 radical (unpaired) electrons. The van der Waals surface area contributed by atoms with E-state index in [0.717, 1.165) is 16.5 Å². The van der Waals surface area contributed by atoms with Crippen LogP contribution in [0.15, 0.2) is 42.7 Å². The van der Waals surface area contributed by atoms with E-state index in [1.54, 1.807) is 24.5 Å². The van der Waals surface area contributed by atoms with Gasteiger partial charge in [-0.2, -0.15) is 5.10 Å². The molecule has 0 N–H and O–H groups in total. The first-order valence-corrected chi connectivity index (χ1v) is 5.82. The first-order chi connectivity index (χ1) is 8.74. The van der Waals surface area contributed by atoms with E-state index >= 15 is 0 Å². The number of rotatable bonds is 2. The summed E-state index contributed by atoms with van der Waals surface area (Å²) in [7, 11) is 0. The van der Waals surface area contributed by atoms with Gasteiger partial charge in [0.15, 0.2) is 0 Å². The van der Waals surface area contributed by atoms with Gasteiger partial charge in [-0.3, -0.25) is 4.68 Å². The van der Waals surface area contributed by atoms with E-state index in [9.17, 15) is 4.39 Å². The molecule has 0 saturated heterocycles. The lowest BCUT2D eigenvalue weighted by atomic mass is 10.2. The van der Waals surface area contributed by atoms with Crippen molar-refractivity contribution < 1.29 is 4.39 Å². The zero-order valence-electron chi connectivity index (χ0n) is 9.35. The van der Waals surface area contributed by atoms with Crippen LogP contribution in [-0.4, -0.2) is 14.8 Å². The van der Waals surface area contributed by atoms with Crippen molar-refractivity contribution in [2.24, 2.45) is 0 Å². The van der Waals surface area contributed by atoms with E-state index in [-0.39, 0.29) is 5.82 Å². The molecule has 3 aromatic rings. The Balaban J connectivity index is 2.00. The summed E-state index contributed by atoms with van der Waals surface area (Å²) in [6.07, 6.45) is 3.34. The monoisotopic (exact) mass is 261 g/mol. The van der Waals surface area contributed by atoms with E-state index in [2.05, 4.69) is 10.1 Å². The second kappa shape index (κ2) is 4.38. The minimum absolute atomic E-state index is 0.240. The predicted octanol–water partition coefficient (Wildman–Crippen LogP) is 3.27. The quantitative estimate of drug-likeness (QED) is 0.663. The Kier molecular flexibility index (Phi) is 2.72. The third kappa shape index (κ3) is 1.95. The highest BCUT2D eigenvalue weighted by Crippen LogP contribution is 2.21. The molecule has 0 aliphatic heterocycles. The fourth-order valence-electron chi connectivity index (χ4n) is 1.86. The average molecular weight is 262 g/mol. The van der Waals surface area contributed by atoms with E-state index in [1.165, 1.54) is 12.1 Å². The molecule has 2 heterocycles. The zero-order chi connectivity index (χ0) is 12.5. The van der Waals surface area contributed by atoms with Crippen LogP contribution in [0.3, 0.4) is 0 Å². The van der Waals surface area contributed by atoms with Gasteiger partial charge in [0.2, 0.25) is 0 Å². The average Bonchev–Trinajstić information content (AvgIpc) is 2.77. The minimum atomic E-state index is -0.240. The Bertz CT molecular complexity index is 691. The molecule has 2 aromatic heterocycles. The number of halogens is 2. The second-order valence-corrected chi connectivity index (χ2v) is 4.32. The maximum absolute atomic E-state index is 12.8. The maximum atomic E-state index is 12.8. The molecular weight excluding hydrogens is 253 g/mol. The maximum Gasteiger partial charge on any atom is 0.139 e. The Morgan fingerprint density at radius 3 is 2.72 bits per heavy atom. The second-order valence-electron chi connectivity index (χ2n) is 3.96. The summed E-state index contributed by atoms with van der Waals surface area (Å²) in [5.74, 6) is -0.240. The van der Waals surface area contributed by atoms with Crippen LogP contribution in [0.4, 0.5) is 4.39 Å². The number of fused-ring (bicyclic) bond motifs is 1. The highest BCUT2D eigenvalue weighted by Gasteiger charge is 2.06. The third-order valence-electron chi connectivity index (χ3n) is 2.77. The number of aromatic nitrogens is 3. The van der Waals surface area contributed by atoms with Crippen LogP contribution in [0, 0.1) is 5.82 Å². The molecule has 0 fully saturated rings. The number of pyridine rings is 1. The molecule has 90 valence electrons. The number of nitrogens with zero attached hydrogens (tertiary/aromatic N) is 3. The third-order valence-corrected chi connectivity index (χ3v) is 3.07. The van der Waals surface area contributed by atoms with Crippen LogP contribution in [0.25, 0.3) is 10.9 Å². The highest BCUT2D eigenvalue weighted by atomic mass is 35.5. The molecule has 0 aliphatic rings. The van der Waals surface area contributed by atoms with Crippen LogP contribution in [0.1, 0.15) is 5.56 Å². The van der Waals surface area contributed by atoms with Crippen molar-refractivity contribution in [3.05, 3.63) is 59.3 Å². The molecule has 18 heavy (non-hydrogen) atoms. The number of hydrogen-bond donors (Lipinski definition) is 0. The van der Waals surface area contributed by atoms with Crippen molar-refractivity contribution in [2.75, 3.05) is 0 Å². The Labute approximate surface area is 108 Å². The molecule has 0 aliphatic carbocycles. The molecule has 0 bridgehead atoms. The van der Waals surface area contributed by atoms with E-state index in [0.29, 0.717) is 11.7 Å². The fraction of sp³-hybridized carbons (Fsp3) is 0.0769. The summed E-state index contributed by atoms with van der Waals surface area (Å²) in [5, 5.41) is 5.54. The van der Waals surface area contributed by atoms with E-state index in [1.807, 2.05) is 10.7 Å². The Hall–Kier alpha value is -1.94. The van der Waals surface area contributed by atoms with Crippen molar-refractivity contribution in [1.82, 2.24) is 14.8 Å². The normalized spacial score (nSPS) is 11.0. The van der Waals surface area contributed by atoms with Gasteiger partial charge in [-0.15, -0.1) is 0 Å². The smallest absolute Gasteiger partial charge is 0.139 e. The van der Waals surface area contributed by atoms with Crippen LogP contribution in [0.2, 0.25) is 5.15 Å². The Morgan fingerprint density at radius 1 is 1.17 bits per heavy atom. The lowest BCUT2D eigenvalue weighted by molar-refractivity contribution is 0.625. The van der Waals surface area contributed by atoms with Gasteiger partial charge in [0, 0.05) is 6.20 Å². The summed E-state index contributed by atoms with van der Waals surface area (Å²) in [6.45, 7) is 0.574. The first kappa shape index (κ1) is 11.2. The standard InChI is InChI=1S/C13H9ClFN3/c14-13-11-7-17-18(12(11)5-6-16-13)8-9-1-3-10(15)4-2-9/h1-7H,8H2. The first-order valence-electron chi connectivity index (χ1n) is 5.44. The van der Waals surface area contributed by atoms with Crippen molar-refractivity contribution in [3.63, 3.8) is 0 Å². The van der Waals surface area contributed by atoms with Gasteiger partial charge in [0.1, 0.15) is 11.0 Å². The summed E-state index contributed by atoms with van der Waals surface area (Å²) >= 11 is 5.98. The van der Waals surface area contributed by atoms with Crippen molar-refractivity contribution in [3.8, 4) is 0 Å². The lowest BCUT2D eigenvalue weighted by Gasteiger charge is -2.04. The molecule has 5 heteroatoms. The predicted molar refractivity (Wildman–Crippen MR) is 68.0 cm³/mol. The SMILES string of the molecule is Fc1ccc(Cn2ncc3c(Cl)nccc32)cc1. The molecular formula is C13H9ClFN3. The van der Waals surface area contributed by atoms with Crippen LogP contribution < -0.4 is 0 Å². The van der Waals surface area contributed by atoms with Gasteiger partial charge >= 0.3 is 0 Å². The molecule has 0 amide bonds. The van der Waals surface area contributed by atoms with E-state index < -0.39 is 0 Å². The van der Waals surface area contributed by atoms with Crippen LogP contribution >= 0.6 is 11.6 Å². The molecule has 0 saturated carbocycles. The zero-order valence-corrected chi connectivity index (χ0v) is 10.1. The van der Waals surface area contributed by atoms with Crippen molar-refractivity contribution in [2.45, 2.75) is 6.54 Å². The topological polar surface area (TPSA) is 30.7 Å². The van der Waals surface area contributed by atoms with Gasteiger partial charge in [-0.05, 0) is 23.8 Å². The highest BCUT2D eigenvalue weighted by molar-refractivity contribution is 6.34. The minimum Gasteiger partial charge on any atom is -0.260 e. The molecule has 0 unspecified atom stereocenters. The van der Waals surface area contributed by atoms with Crippen molar-refractivity contribution >= 4 is 22.5 Å². The van der Waals surface area contributed by atoms with Gasteiger partial charge in [-0.1, -0.05) is 23.7 Å². The Morgan fingerprint density at radius 2 is 1.94 bits per heavy atom. The number of hydrogen-bond acceptors (Lipinski definition) is 2.